The third kappa shape index (κ3) is 2.96. The normalized spacial score (nSPS) is 12.8. The Hall–Kier alpha value is -2.85. The first-order valence-electron chi connectivity index (χ1n) is 7.38. The van der Waals surface area contributed by atoms with Gasteiger partial charge in [-0.05, 0) is 31.2 Å². The smallest absolute Gasteiger partial charge is 0.338 e. The van der Waals surface area contributed by atoms with Gasteiger partial charge in [-0.3, -0.25) is 4.79 Å². The van der Waals surface area contributed by atoms with Crippen molar-refractivity contribution in [1.82, 2.24) is 0 Å². The second-order valence-corrected chi connectivity index (χ2v) is 5.93. The van der Waals surface area contributed by atoms with E-state index in [1.165, 1.54) is 11.3 Å². The van der Waals surface area contributed by atoms with Crippen LogP contribution in [0.3, 0.4) is 0 Å². The van der Waals surface area contributed by atoms with Crippen LogP contribution in [0.15, 0.2) is 29.6 Å². The van der Waals surface area contributed by atoms with Crippen molar-refractivity contribution < 1.29 is 19.1 Å². The van der Waals surface area contributed by atoms with Crippen LogP contribution in [0.2, 0.25) is 0 Å². The molecule has 0 fully saturated rings. The molecule has 0 N–H and O–H groups in total. The van der Waals surface area contributed by atoms with Crippen molar-refractivity contribution in [2.75, 3.05) is 24.7 Å². The van der Waals surface area contributed by atoms with Gasteiger partial charge in [0.05, 0.1) is 34.8 Å². The van der Waals surface area contributed by atoms with Gasteiger partial charge in [0.1, 0.15) is 18.4 Å². The molecule has 1 amide bonds. The molecular weight excluding hydrogens is 328 g/mol. The van der Waals surface area contributed by atoms with Crippen molar-refractivity contribution >= 4 is 28.9 Å². The predicted molar refractivity (Wildman–Crippen MR) is 88.6 cm³/mol. The number of ether oxygens (including phenoxy) is 2. The van der Waals surface area contributed by atoms with Crippen LogP contribution in [-0.4, -0.2) is 31.6 Å². The number of anilines is 1. The minimum Gasteiger partial charge on any atom is -0.490 e. The Balaban J connectivity index is 1.95. The number of carbonyl (C=O) groups is 2. The van der Waals surface area contributed by atoms with Crippen molar-refractivity contribution in [2.24, 2.45) is 0 Å². The van der Waals surface area contributed by atoms with Gasteiger partial charge < -0.3 is 14.4 Å². The molecule has 0 saturated carbocycles. The molecule has 1 aliphatic rings. The molecule has 0 bridgehead atoms. The van der Waals surface area contributed by atoms with Crippen molar-refractivity contribution in [2.45, 2.75) is 6.92 Å². The molecule has 24 heavy (non-hydrogen) atoms. The Morgan fingerprint density at radius 3 is 2.96 bits per heavy atom. The monoisotopic (exact) mass is 342 g/mol. The van der Waals surface area contributed by atoms with Crippen LogP contribution in [0, 0.1) is 11.3 Å². The first-order chi connectivity index (χ1) is 11.6. The van der Waals surface area contributed by atoms with Gasteiger partial charge in [0.15, 0.2) is 0 Å². The number of thiophene rings is 1. The fourth-order valence-corrected chi connectivity index (χ4v) is 3.19. The minimum atomic E-state index is -0.443. The molecule has 6 nitrogen and oxygen atoms in total. The number of hydrogen-bond donors (Lipinski definition) is 0. The molecule has 0 radical (unpaired) electrons. The van der Waals surface area contributed by atoms with Gasteiger partial charge in [0.25, 0.3) is 5.91 Å². The maximum absolute atomic E-state index is 12.8. The molecule has 1 aliphatic heterocycles. The number of nitriles is 1. The van der Waals surface area contributed by atoms with E-state index < -0.39 is 5.97 Å². The summed E-state index contributed by atoms with van der Waals surface area (Å²) in [6, 6.07) is 8.46. The van der Waals surface area contributed by atoms with E-state index in [9.17, 15) is 9.59 Å². The standard InChI is InChI=1S/C17H14N2O4S/c1-2-22-17(21)12-3-4-14-13(8-12)19(5-6-23-14)16(20)15-7-11(9-18)10-24-15/h3-4,7-8,10H,2,5-6H2,1H3. The summed E-state index contributed by atoms with van der Waals surface area (Å²) in [7, 11) is 0. The molecule has 2 aromatic rings. The van der Waals surface area contributed by atoms with Crippen LogP contribution in [0.5, 0.6) is 5.75 Å². The maximum atomic E-state index is 12.8. The number of rotatable bonds is 3. The maximum Gasteiger partial charge on any atom is 0.338 e. The second-order valence-electron chi connectivity index (χ2n) is 5.02. The van der Waals surface area contributed by atoms with E-state index >= 15 is 0 Å². The molecule has 0 unspecified atom stereocenters. The lowest BCUT2D eigenvalue weighted by atomic mass is 10.1. The van der Waals surface area contributed by atoms with Crippen molar-refractivity contribution in [3.63, 3.8) is 0 Å². The van der Waals surface area contributed by atoms with Crippen LogP contribution in [0.25, 0.3) is 0 Å². The highest BCUT2D eigenvalue weighted by atomic mass is 32.1. The Kier molecular flexibility index (Phi) is 4.49. The Labute approximate surface area is 142 Å². The van der Waals surface area contributed by atoms with Crippen LogP contribution in [0.1, 0.15) is 32.5 Å². The van der Waals surface area contributed by atoms with Crippen LogP contribution < -0.4 is 9.64 Å². The molecular formula is C17H14N2O4S. The van der Waals surface area contributed by atoms with Crippen LogP contribution in [0.4, 0.5) is 5.69 Å². The zero-order valence-corrected chi connectivity index (χ0v) is 13.8. The molecule has 1 aromatic carbocycles. The van der Waals surface area contributed by atoms with E-state index in [1.807, 2.05) is 6.07 Å². The molecule has 122 valence electrons. The third-order valence-corrected chi connectivity index (χ3v) is 4.44. The van der Waals surface area contributed by atoms with Gasteiger partial charge in [0, 0.05) is 5.38 Å². The lowest BCUT2D eigenvalue weighted by Gasteiger charge is -2.29. The zero-order valence-electron chi connectivity index (χ0n) is 12.9. The summed E-state index contributed by atoms with van der Waals surface area (Å²) in [6.07, 6.45) is 0. The SMILES string of the molecule is CCOC(=O)c1ccc2c(c1)N(C(=O)c1cc(C#N)cs1)CCO2. The molecule has 2 heterocycles. The average Bonchev–Trinajstić information content (AvgIpc) is 3.09. The summed E-state index contributed by atoms with van der Waals surface area (Å²) in [6.45, 7) is 2.76. The summed E-state index contributed by atoms with van der Waals surface area (Å²) in [5.74, 6) is -0.118. The van der Waals surface area contributed by atoms with Gasteiger partial charge in [-0.15, -0.1) is 11.3 Å². The molecule has 7 heteroatoms. The van der Waals surface area contributed by atoms with Crippen molar-refractivity contribution in [3.05, 3.63) is 45.6 Å². The largest absolute Gasteiger partial charge is 0.490 e. The van der Waals surface area contributed by atoms with E-state index in [-0.39, 0.29) is 12.5 Å². The van der Waals surface area contributed by atoms with Crippen LogP contribution >= 0.6 is 11.3 Å². The van der Waals surface area contributed by atoms with E-state index in [1.54, 1.807) is 41.5 Å². The topological polar surface area (TPSA) is 79.6 Å². The summed E-state index contributed by atoms with van der Waals surface area (Å²) in [4.78, 5) is 26.7. The first-order valence-corrected chi connectivity index (χ1v) is 8.26. The van der Waals surface area contributed by atoms with E-state index in [0.717, 1.165) is 0 Å². The van der Waals surface area contributed by atoms with Crippen molar-refractivity contribution in [3.8, 4) is 11.8 Å². The molecule has 0 saturated heterocycles. The number of amides is 1. The summed E-state index contributed by atoms with van der Waals surface area (Å²) in [5.41, 5.74) is 1.35. The zero-order chi connectivity index (χ0) is 17.1. The van der Waals surface area contributed by atoms with Gasteiger partial charge in [-0.2, -0.15) is 5.26 Å². The van der Waals surface area contributed by atoms with Gasteiger partial charge in [-0.1, -0.05) is 0 Å². The molecule has 1 aromatic heterocycles. The fourth-order valence-electron chi connectivity index (χ4n) is 2.41. The van der Waals surface area contributed by atoms with Gasteiger partial charge in [-0.25, -0.2) is 4.79 Å². The highest BCUT2D eigenvalue weighted by Crippen LogP contribution is 2.34. The second kappa shape index (κ2) is 6.72. The summed E-state index contributed by atoms with van der Waals surface area (Å²) >= 11 is 1.22. The lowest BCUT2D eigenvalue weighted by Crippen LogP contribution is -2.37. The van der Waals surface area contributed by atoms with Gasteiger partial charge in [0.2, 0.25) is 0 Å². The molecule has 3 rings (SSSR count). The minimum absolute atomic E-state index is 0.216. The molecule has 0 atom stereocenters. The number of hydrogen-bond acceptors (Lipinski definition) is 6. The average molecular weight is 342 g/mol. The fraction of sp³-hybridized carbons (Fsp3) is 0.235. The lowest BCUT2D eigenvalue weighted by molar-refractivity contribution is 0.0526. The number of carbonyl (C=O) groups excluding carboxylic acids is 2. The number of fused-ring (bicyclic) bond motifs is 1. The van der Waals surface area contributed by atoms with E-state index in [0.29, 0.717) is 40.6 Å². The third-order valence-electron chi connectivity index (χ3n) is 3.52. The van der Waals surface area contributed by atoms with E-state index in [4.69, 9.17) is 14.7 Å². The molecule has 0 aliphatic carbocycles. The van der Waals surface area contributed by atoms with E-state index in [2.05, 4.69) is 0 Å². The number of nitrogens with zero attached hydrogens (tertiary/aromatic N) is 2. The highest BCUT2D eigenvalue weighted by Gasteiger charge is 2.27. The summed E-state index contributed by atoms with van der Waals surface area (Å²) in [5, 5.41) is 10.6. The number of benzene rings is 1. The summed E-state index contributed by atoms with van der Waals surface area (Å²) < 4.78 is 10.6. The first kappa shape index (κ1) is 16.0. The highest BCUT2D eigenvalue weighted by molar-refractivity contribution is 7.12. The number of esters is 1. The van der Waals surface area contributed by atoms with Gasteiger partial charge >= 0.3 is 5.97 Å². The Morgan fingerprint density at radius 2 is 2.25 bits per heavy atom. The predicted octanol–water partition coefficient (Wildman–Crippen LogP) is 2.84. The quantitative estimate of drug-likeness (QED) is 0.801. The molecule has 0 spiro atoms. The Bertz CT molecular complexity index is 837. The van der Waals surface area contributed by atoms with Crippen molar-refractivity contribution in [1.29, 1.82) is 5.26 Å². The van der Waals surface area contributed by atoms with Crippen LogP contribution in [-0.2, 0) is 4.74 Å². The Morgan fingerprint density at radius 1 is 1.42 bits per heavy atom.